The minimum absolute atomic E-state index is 0.0429. The molecule has 0 spiro atoms. The van der Waals surface area contributed by atoms with Gasteiger partial charge in [-0.3, -0.25) is 4.79 Å². The topological polar surface area (TPSA) is 87.0 Å². The van der Waals surface area contributed by atoms with E-state index in [1.165, 1.54) is 19.3 Å². The lowest BCUT2D eigenvalue weighted by Gasteiger charge is -2.06. The Hall–Kier alpha value is -2.95. The Labute approximate surface area is 146 Å². The number of methoxy groups -OCH3 is 1. The molecular weight excluding hydrogens is 320 g/mol. The van der Waals surface area contributed by atoms with Gasteiger partial charge in [-0.05, 0) is 48.2 Å². The quantitative estimate of drug-likeness (QED) is 0.503. The monoisotopic (exact) mass is 342 g/mol. The number of ketones is 1. The van der Waals surface area contributed by atoms with Crippen LogP contribution in [0.2, 0.25) is 0 Å². The highest BCUT2D eigenvalue weighted by Gasteiger charge is 2.06. The van der Waals surface area contributed by atoms with Crippen LogP contribution in [0.5, 0.6) is 17.2 Å². The largest absolute Gasteiger partial charge is 0.512 e. The first-order chi connectivity index (χ1) is 12.0. The van der Waals surface area contributed by atoms with E-state index in [9.17, 15) is 20.1 Å². The number of aliphatic hydroxyl groups excluding tert-OH is 1. The predicted molar refractivity (Wildman–Crippen MR) is 95.1 cm³/mol. The maximum absolute atomic E-state index is 12.0. The Morgan fingerprint density at radius 2 is 1.64 bits per heavy atom. The average molecular weight is 342 g/mol. The zero-order chi connectivity index (χ0) is 18.2. The molecule has 0 bridgehead atoms. The summed E-state index contributed by atoms with van der Waals surface area (Å²) in [5.74, 6) is 0.516. The number of phenols is 2. The van der Waals surface area contributed by atoms with Crippen LogP contribution in [0.3, 0.4) is 0 Å². The van der Waals surface area contributed by atoms with Crippen LogP contribution in [0.4, 0.5) is 0 Å². The number of aryl methyl sites for hydroxylation is 2. The normalized spacial score (nSPS) is 11.3. The number of carbonyl (C=O) groups is 1. The number of hydrogen-bond acceptors (Lipinski definition) is 5. The van der Waals surface area contributed by atoms with Crippen molar-refractivity contribution in [3.63, 3.8) is 0 Å². The molecule has 0 saturated heterocycles. The van der Waals surface area contributed by atoms with Crippen LogP contribution in [0.15, 0.2) is 54.3 Å². The third-order valence-electron chi connectivity index (χ3n) is 3.84. The van der Waals surface area contributed by atoms with E-state index in [0.29, 0.717) is 25.0 Å². The van der Waals surface area contributed by atoms with E-state index in [4.69, 9.17) is 4.74 Å². The van der Waals surface area contributed by atoms with Gasteiger partial charge in [-0.1, -0.05) is 18.2 Å². The molecule has 132 valence electrons. The van der Waals surface area contributed by atoms with E-state index in [2.05, 4.69) is 0 Å². The minimum Gasteiger partial charge on any atom is -0.512 e. The summed E-state index contributed by atoms with van der Waals surface area (Å²) in [6.07, 6.45) is 2.97. The van der Waals surface area contributed by atoms with Crippen molar-refractivity contribution in [2.45, 2.75) is 25.7 Å². The van der Waals surface area contributed by atoms with E-state index in [1.807, 2.05) is 0 Å². The fraction of sp³-hybridized carbons (Fsp3) is 0.250. The summed E-state index contributed by atoms with van der Waals surface area (Å²) in [6.45, 7) is 0. The summed E-state index contributed by atoms with van der Waals surface area (Å²) in [5.41, 5.74) is 1.85. The summed E-state index contributed by atoms with van der Waals surface area (Å²) in [4.78, 5) is 12.0. The van der Waals surface area contributed by atoms with E-state index in [1.54, 1.807) is 36.4 Å². The molecular formula is C20H22O5. The van der Waals surface area contributed by atoms with E-state index >= 15 is 0 Å². The number of rotatable bonds is 8. The molecule has 0 aliphatic carbocycles. The predicted octanol–water partition coefficient (Wildman–Crippen LogP) is 3.68. The van der Waals surface area contributed by atoms with Crippen LogP contribution in [-0.2, 0) is 17.6 Å². The van der Waals surface area contributed by atoms with Gasteiger partial charge in [0.25, 0.3) is 0 Å². The lowest BCUT2D eigenvalue weighted by Crippen LogP contribution is -1.99. The maximum Gasteiger partial charge on any atom is 0.160 e. The van der Waals surface area contributed by atoms with Gasteiger partial charge in [-0.2, -0.15) is 0 Å². The molecule has 0 fully saturated rings. The highest BCUT2D eigenvalue weighted by Crippen LogP contribution is 2.26. The van der Waals surface area contributed by atoms with Crippen LogP contribution >= 0.6 is 0 Å². The fourth-order valence-electron chi connectivity index (χ4n) is 2.41. The number of phenolic OH excluding ortho intramolecular Hbond substituents is 2. The lowest BCUT2D eigenvalue weighted by atomic mass is 10.0. The molecule has 0 amide bonds. The van der Waals surface area contributed by atoms with Crippen molar-refractivity contribution in [2.75, 3.05) is 7.11 Å². The van der Waals surface area contributed by atoms with Gasteiger partial charge in [0.1, 0.15) is 5.75 Å². The van der Waals surface area contributed by atoms with Gasteiger partial charge in [-0.15, -0.1) is 0 Å². The Kier molecular flexibility index (Phi) is 6.46. The minimum atomic E-state index is -0.157. The van der Waals surface area contributed by atoms with E-state index < -0.39 is 0 Å². The van der Waals surface area contributed by atoms with Crippen molar-refractivity contribution in [1.82, 2.24) is 0 Å². The van der Waals surface area contributed by atoms with Gasteiger partial charge < -0.3 is 20.1 Å². The number of aromatic hydroxyl groups is 2. The number of aliphatic hydroxyl groups is 1. The molecule has 5 nitrogen and oxygen atoms in total. The molecule has 0 unspecified atom stereocenters. The molecule has 0 aromatic heterocycles. The van der Waals surface area contributed by atoms with Crippen molar-refractivity contribution in [1.29, 1.82) is 0 Å². The Morgan fingerprint density at radius 1 is 1.00 bits per heavy atom. The third-order valence-corrected chi connectivity index (χ3v) is 3.84. The molecule has 5 heteroatoms. The van der Waals surface area contributed by atoms with Gasteiger partial charge in [0.15, 0.2) is 17.3 Å². The van der Waals surface area contributed by atoms with Crippen LogP contribution in [0.1, 0.15) is 24.0 Å². The highest BCUT2D eigenvalue weighted by molar-refractivity contribution is 5.90. The first kappa shape index (κ1) is 18.4. The molecule has 2 rings (SSSR count). The molecule has 0 saturated carbocycles. The Balaban J connectivity index is 1.83. The van der Waals surface area contributed by atoms with Crippen LogP contribution in [0, 0.1) is 0 Å². The van der Waals surface area contributed by atoms with E-state index in [-0.39, 0.29) is 29.5 Å². The molecule has 0 radical (unpaired) electrons. The van der Waals surface area contributed by atoms with Crippen molar-refractivity contribution in [2.24, 2.45) is 0 Å². The molecule has 2 aromatic carbocycles. The summed E-state index contributed by atoms with van der Waals surface area (Å²) >= 11 is 0. The second-order valence-electron chi connectivity index (χ2n) is 5.77. The zero-order valence-electron chi connectivity index (χ0n) is 14.1. The molecule has 0 atom stereocenters. The fourth-order valence-corrected chi connectivity index (χ4v) is 2.41. The van der Waals surface area contributed by atoms with Gasteiger partial charge in [0.2, 0.25) is 0 Å². The number of allylic oxidation sites excluding steroid dienone is 2. The third kappa shape index (κ3) is 5.88. The van der Waals surface area contributed by atoms with Gasteiger partial charge >= 0.3 is 0 Å². The number of carbonyl (C=O) groups excluding carboxylic acids is 1. The Bertz CT molecular complexity index is 747. The lowest BCUT2D eigenvalue weighted by molar-refractivity contribution is -0.114. The van der Waals surface area contributed by atoms with Crippen LogP contribution in [0.25, 0.3) is 0 Å². The standard InChI is InChI=1S/C20H22O5/c1-25-20-12-15(6-11-19(20)24)5-10-18(23)13-17(22)9-4-14-2-7-16(21)8-3-14/h2-3,6-8,11-13,21-22,24H,4-5,9-10H2,1H3/b17-13-. The van der Waals surface area contributed by atoms with Crippen molar-refractivity contribution in [3.05, 3.63) is 65.4 Å². The van der Waals surface area contributed by atoms with Crippen molar-refractivity contribution >= 4 is 5.78 Å². The average Bonchev–Trinajstić information content (AvgIpc) is 2.60. The first-order valence-electron chi connectivity index (χ1n) is 8.04. The summed E-state index contributed by atoms with van der Waals surface area (Å²) < 4.78 is 5.04. The second-order valence-corrected chi connectivity index (χ2v) is 5.77. The number of benzene rings is 2. The number of hydrogen-bond donors (Lipinski definition) is 3. The SMILES string of the molecule is COc1cc(CCC(=O)/C=C(\O)CCc2ccc(O)cc2)ccc1O. The first-order valence-corrected chi connectivity index (χ1v) is 8.04. The molecule has 0 aliphatic rings. The smallest absolute Gasteiger partial charge is 0.160 e. The molecule has 25 heavy (non-hydrogen) atoms. The van der Waals surface area contributed by atoms with Gasteiger partial charge in [0, 0.05) is 18.9 Å². The van der Waals surface area contributed by atoms with Crippen LogP contribution < -0.4 is 4.74 Å². The molecule has 3 N–H and O–H groups in total. The van der Waals surface area contributed by atoms with Gasteiger partial charge in [0.05, 0.1) is 12.9 Å². The highest BCUT2D eigenvalue weighted by atomic mass is 16.5. The van der Waals surface area contributed by atoms with E-state index in [0.717, 1.165) is 11.1 Å². The number of ether oxygens (including phenoxy) is 1. The zero-order valence-corrected chi connectivity index (χ0v) is 14.1. The summed E-state index contributed by atoms with van der Waals surface area (Å²) in [5, 5.41) is 28.7. The summed E-state index contributed by atoms with van der Waals surface area (Å²) in [7, 11) is 1.47. The van der Waals surface area contributed by atoms with Gasteiger partial charge in [-0.25, -0.2) is 0 Å². The Morgan fingerprint density at radius 3 is 2.32 bits per heavy atom. The molecule has 2 aromatic rings. The summed E-state index contributed by atoms with van der Waals surface area (Å²) in [6, 6.07) is 11.7. The molecule has 0 heterocycles. The van der Waals surface area contributed by atoms with Crippen molar-refractivity contribution in [3.8, 4) is 17.2 Å². The maximum atomic E-state index is 12.0. The molecule has 0 aliphatic heterocycles. The van der Waals surface area contributed by atoms with Crippen LogP contribution in [-0.4, -0.2) is 28.2 Å². The second kappa shape index (κ2) is 8.78. The van der Waals surface area contributed by atoms with Crippen molar-refractivity contribution < 1.29 is 24.9 Å².